The number of carbonyl (C=O) groups is 1. The van der Waals surface area contributed by atoms with Crippen LogP contribution in [0.5, 0.6) is 0 Å². The molecular formula is C19H29NO. The predicted molar refractivity (Wildman–Crippen MR) is 84.7 cm³/mol. The molecule has 0 radical (unpaired) electrons. The highest BCUT2D eigenvalue weighted by Crippen LogP contribution is 2.61. The van der Waals surface area contributed by atoms with Crippen molar-refractivity contribution in [1.82, 2.24) is 5.32 Å². The maximum absolute atomic E-state index is 12.2. The molecule has 0 spiro atoms. The summed E-state index contributed by atoms with van der Waals surface area (Å²) < 4.78 is 0. The van der Waals surface area contributed by atoms with Gasteiger partial charge in [0.1, 0.15) is 0 Å². The molecule has 5 aliphatic carbocycles. The second kappa shape index (κ2) is 5.44. The average molecular weight is 287 g/mol. The van der Waals surface area contributed by atoms with Crippen molar-refractivity contribution in [3.05, 3.63) is 12.2 Å². The molecule has 0 heterocycles. The summed E-state index contributed by atoms with van der Waals surface area (Å²) in [5.74, 6) is 3.62. The van der Waals surface area contributed by atoms with E-state index in [4.69, 9.17) is 0 Å². The second-order valence-electron chi connectivity index (χ2n) is 8.44. The van der Waals surface area contributed by atoms with Crippen LogP contribution in [-0.4, -0.2) is 12.5 Å². The Bertz CT molecular complexity index is 404. The summed E-state index contributed by atoms with van der Waals surface area (Å²) in [6.45, 7) is 0.922. The van der Waals surface area contributed by atoms with Crippen molar-refractivity contribution in [1.29, 1.82) is 0 Å². The number of hydrogen-bond donors (Lipinski definition) is 1. The molecule has 5 aliphatic rings. The zero-order valence-corrected chi connectivity index (χ0v) is 13.2. The van der Waals surface area contributed by atoms with E-state index in [9.17, 15) is 4.79 Å². The molecular weight excluding hydrogens is 258 g/mol. The van der Waals surface area contributed by atoms with Crippen LogP contribution in [0.15, 0.2) is 12.2 Å². The molecule has 4 saturated carbocycles. The van der Waals surface area contributed by atoms with Crippen LogP contribution < -0.4 is 5.32 Å². The number of allylic oxidation sites excluding steroid dienone is 2. The molecule has 5 rings (SSSR count). The van der Waals surface area contributed by atoms with E-state index in [0.29, 0.717) is 11.3 Å². The fourth-order valence-electron chi connectivity index (χ4n) is 6.22. The number of carbonyl (C=O) groups excluding carboxylic acids is 1. The van der Waals surface area contributed by atoms with Gasteiger partial charge in [-0.15, -0.1) is 0 Å². The fourth-order valence-corrected chi connectivity index (χ4v) is 6.22. The molecule has 0 aromatic carbocycles. The molecule has 0 aromatic heterocycles. The number of amides is 1. The Morgan fingerprint density at radius 2 is 1.71 bits per heavy atom. The fraction of sp³-hybridized carbons (Fsp3) is 0.842. The first kappa shape index (κ1) is 13.8. The lowest BCUT2D eigenvalue weighted by molar-refractivity contribution is -0.125. The van der Waals surface area contributed by atoms with E-state index in [1.165, 1.54) is 44.9 Å². The normalized spacial score (nSPS) is 44.0. The van der Waals surface area contributed by atoms with E-state index in [1.54, 1.807) is 0 Å². The summed E-state index contributed by atoms with van der Waals surface area (Å²) in [4.78, 5) is 12.2. The topological polar surface area (TPSA) is 29.1 Å². The highest BCUT2D eigenvalue weighted by Gasteiger charge is 2.50. The van der Waals surface area contributed by atoms with Gasteiger partial charge < -0.3 is 5.32 Å². The maximum Gasteiger partial charge on any atom is 0.223 e. The molecule has 0 aliphatic heterocycles. The minimum atomic E-state index is 0.242. The van der Waals surface area contributed by atoms with Gasteiger partial charge in [-0.25, -0.2) is 0 Å². The van der Waals surface area contributed by atoms with E-state index in [1.807, 2.05) is 0 Å². The monoisotopic (exact) mass is 287 g/mol. The van der Waals surface area contributed by atoms with Crippen LogP contribution in [0, 0.1) is 29.1 Å². The minimum absolute atomic E-state index is 0.242. The highest BCUT2D eigenvalue weighted by molar-refractivity contribution is 5.78. The molecule has 1 atom stereocenters. The van der Waals surface area contributed by atoms with Gasteiger partial charge in [-0.2, -0.15) is 0 Å². The van der Waals surface area contributed by atoms with Gasteiger partial charge in [-0.1, -0.05) is 12.2 Å². The lowest BCUT2D eigenvalue weighted by Crippen LogP contribution is -2.47. The lowest BCUT2D eigenvalue weighted by Gasteiger charge is -2.57. The minimum Gasteiger partial charge on any atom is -0.356 e. The second-order valence-corrected chi connectivity index (χ2v) is 8.44. The molecule has 0 saturated heterocycles. The SMILES string of the molecule is O=C(NCCC12CC3CC(CC(C3)C1)C2)C1CC=CCC1. The van der Waals surface area contributed by atoms with Crippen molar-refractivity contribution in [3.8, 4) is 0 Å². The number of nitrogens with one attached hydrogen (secondary N) is 1. The maximum atomic E-state index is 12.2. The van der Waals surface area contributed by atoms with Gasteiger partial charge in [0, 0.05) is 12.5 Å². The van der Waals surface area contributed by atoms with Crippen LogP contribution in [-0.2, 0) is 4.79 Å². The molecule has 4 bridgehead atoms. The summed E-state index contributed by atoms with van der Waals surface area (Å²) in [6.07, 6.45) is 17.6. The molecule has 4 fully saturated rings. The van der Waals surface area contributed by atoms with Crippen LogP contribution in [0.2, 0.25) is 0 Å². The van der Waals surface area contributed by atoms with Gasteiger partial charge in [0.05, 0.1) is 0 Å². The van der Waals surface area contributed by atoms with Crippen molar-refractivity contribution in [2.24, 2.45) is 29.1 Å². The summed E-state index contributed by atoms with van der Waals surface area (Å²) in [5.41, 5.74) is 0.606. The first-order valence-corrected chi connectivity index (χ1v) is 9.15. The van der Waals surface area contributed by atoms with Gasteiger partial charge in [0.25, 0.3) is 0 Å². The standard InChI is InChI=1S/C19H29NO/c21-18(17-4-2-1-3-5-17)20-7-6-19-11-14-8-15(12-19)10-16(9-14)13-19/h1-2,14-17H,3-13H2,(H,20,21). The first-order chi connectivity index (χ1) is 10.2. The van der Waals surface area contributed by atoms with Crippen LogP contribution in [0.4, 0.5) is 0 Å². The summed E-state index contributed by atoms with van der Waals surface area (Å²) in [6, 6.07) is 0. The Balaban J connectivity index is 1.29. The Labute approximate surface area is 128 Å². The van der Waals surface area contributed by atoms with E-state index in [-0.39, 0.29) is 5.92 Å². The summed E-state index contributed by atoms with van der Waals surface area (Å²) in [7, 11) is 0. The Morgan fingerprint density at radius 3 is 2.29 bits per heavy atom. The third kappa shape index (κ3) is 2.78. The van der Waals surface area contributed by atoms with Crippen LogP contribution in [0.1, 0.15) is 64.2 Å². The highest BCUT2D eigenvalue weighted by atomic mass is 16.1. The van der Waals surface area contributed by atoms with Crippen molar-refractivity contribution in [3.63, 3.8) is 0 Å². The van der Waals surface area contributed by atoms with Crippen LogP contribution in [0.3, 0.4) is 0 Å². The smallest absolute Gasteiger partial charge is 0.223 e. The third-order valence-electron chi connectivity index (χ3n) is 6.76. The molecule has 21 heavy (non-hydrogen) atoms. The molecule has 0 aromatic rings. The zero-order chi connectivity index (χ0) is 14.3. The van der Waals surface area contributed by atoms with E-state index in [0.717, 1.165) is 43.6 Å². The Kier molecular flexibility index (Phi) is 3.59. The molecule has 1 unspecified atom stereocenters. The van der Waals surface area contributed by atoms with Gasteiger partial charge in [0.2, 0.25) is 5.91 Å². The number of hydrogen-bond acceptors (Lipinski definition) is 1. The predicted octanol–water partition coefficient (Wildman–Crippen LogP) is 4.07. The Hall–Kier alpha value is -0.790. The van der Waals surface area contributed by atoms with Crippen molar-refractivity contribution in [2.45, 2.75) is 64.2 Å². The van der Waals surface area contributed by atoms with E-state index >= 15 is 0 Å². The summed E-state index contributed by atoms with van der Waals surface area (Å²) >= 11 is 0. The van der Waals surface area contributed by atoms with Crippen molar-refractivity contribution in [2.75, 3.05) is 6.54 Å². The third-order valence-corrected chi connectivity index (χ3v) is 6.76. The van der Waals surface area contributed by atoms with Gasteiger partial charge >= 0.3 is 0 Å². The zero-order valence-electron chi connectivity index (χ0n) is 13.2. The summed E-state index contributed by atoms with van der Waals surface area (Å²) in [5, 5.41) is 3.25. The lowest BCUT2D eigenvalue weighted by atomic mass is 9.49. The van der Waals surface area contributed by atoms with Gasteiger partial charge in [-0.3, -0.25) is 4.79 Å². The van der Waals surface area contributed by atoms with Crippen molar-refractivity contribution < 1.29 is 4.79 Å². The van der Waals surface area contributed by atoms with Gasteiger partial charge in [0.15, 0.2) is 0 Å². The van der Waals surface area contributed by atoms with E-state index in [2.05, 4.69) is 17.5 Å². The quantitative estimate of drug-likeness (QED) is 0.776. The number of rotatable bonds is 4. The van der Waals surface area contributed by atoms with Crippen LogP contribution >= 0.6 is 0 Å². The van der Waals surface area contributed by atoms with Crippen molar-refractivity contribution >= 4 is 5.91 Å². The van der Waals surface area contributed by atoms with E-state index < -0.39 is 0 Å². The van der Waals surface area contributed by atoms with Gasteiger partial charge in [-0.05, 0) is 87.4 Å². The molecule has 116 valence electrons. The first-order valence-electron chi connectivity index (χ1n) is 9.15. The Morgan fingerprint density at radius 1 is 1.05 bits per heavy atom. The van der Waals surface area contributed by atoms with Crippen LogP contribution in [0.25, 0.3) is 0 Å². The largest absolute Gasteiger partial charge is 0.356 e. The molecule has 1 N–H and O–H groups in total. The molecule has 2 nitrogen and oxygen atoms in total. The molecule has 2 heteroatoms. The average Bonchev–Trinajstić information content (AvgIpc) is 2.46. The molecule has 1 amide bonds.